The Hall–Kier alpha value is -2.87. The van der Waals surface area contributed by atoms with Crippen LogP contribution in [0.4, 0.5) is 5.82 Å². The van der Waals surface area contributed by atoms with Gasteiger partial charge in [0.1, 0.15) is 5.82 Å². The van der Waals surface area contributed by atoms with Gasteiger partial charge >= 0.3 is 0 Å². The first-order chi connectivity index (χ1) is 15.4. The first-order valence-corrected chi connectivity index (χ1v) is 11.4. The van der Waals surface area contributed by atoms with Crippen LogP contribution in [0, 0.1) is 0 Å². The molecule has 2 N–H and O–H groups in total. The van der Waals surface area contributed by atoms with Crippen LogP contribution < -0.4 is 15.5 Å². The van der Waals surface area contributed by atoms with Crippen molar-refractivity contribution in [3.05, 3.63) is 35.9 Å². The third-order valence-electron chi connectivity index (χ3n) is 5.78. The van der Waals surface area contributed by atoms with E-state index in [2.05, 4.69) is 34.6 Å². The zero-order valence-electron chi connectivity index (χ0n) is 20.1. The van der Waals surface area contributed by atoms with Crippen LogP contribution >= 0.6 is 0 Å². The van der Waals surface area contributed by atoms with Gasteiger partial charge in [-0.2, -0.15) is 0 Å². The van der Waals surface area contributed by atoms with Gasteiger partial charge < -0.3 is 20.4 Å². The lowest BCUT2D eigenvalue weighted by Crippen LogP contribution is -2.50. The van der Waals surface area contributed by atoms with Crippen LogP contribution in [0.1, 0.15) is 25.3 Å². The minimum atomic E-state index is 0.160. The van der Waals surface area contributed by atoms with Crippen LogP contribution in [0.5, 0.6) is 0 Å². The maximum atomic E-state index is 12.0. The number of rotatable bonds is 7. The Kier molecular flexibility index (Phi) is 8.27. The number of carbonyl (C=O) groups excluding carboxylic acids is 1. The van der Waals surface area contributed by atoms with Gasteiger partial charge in [-0.15, -0.1) is 0 Å². The summed E-state index contributed by atoms with van der Waals surface area (Å²) in [5.41, 5.74) is 2.15. The lowest BCUT2D eigenvalue weighted by atomic mass is 10.1. The second-order valence-electron chi connectivity index (χ2n) is 8.73. The number of likely N-dealkylation sites (tertiary alicyclic amines) is 1. The molecule has 174 valence electrons. The number of piperidine rings is 1. The summed E-state index contributed by atoms with van der Waals surface area (Å²) in [6, 6.07) is 10.7. The van der Waals surface area contributed by atoms with E-state index >= 15 is 0 Å². The molecule has 8 nitrogen and oxygen atoms in total. The minimum absolute atomic E-state index is 0.160. The zero-order valence-corrected chi connectivity index (χ0v) is 20.1. The Morgan fingerprint density at radius 2 is 1.91 bits per heavy atom. The monoisotopic (exact) mass is 439 g/mol. The molecule has 0 bridgehead atoms. The van der Waals surface area contributed by atoms with Gasteiger partial charge in [0.25, 0.3) is 0 Å². The van der Waals surface area contributed by atoms with E-state index in [1.807, 2.05) is 51.3 Å². The van der Waals surface area contributed by atoms with E-state index in [0.717, 1.165) is 60.7 Å². The molecular weight excluding hydrogens is 402 g/mol. The summed E-state index contributed by atoms with van der Waals surface area (Å²) in [4.78, 5) is 27.5. The standard InChI is InChI=1S/C24H37N7O/c1-6-25-24(27-19-11-13-31(14-12-19)17-23(32)30(4)5)26-16-18-15-22(29(2)3)28-21-10-8-7-9-20(18)21/h7-10,15,19H,6,11-14,16-17H2,1-5H3,(H2,25,26,27). The van der Waals surface area contributed by atoms with Crippen LogP contribution in [0.2, 0.25) is 0 Å². The number of guanidine groups is 1. The molecule has 3 rings (SSSR count). The summed E-state index contributed by atoms with van der Waals surface area (Å²) in [5.74, 6) is 1.93. The number of carbonyl (C=O) groups is 1. The van der Waals surface area contributed by atoms with Crippen molar-refractivity contribution in [2.24, 2.45) is 4.99 Å². The molecule has 8 heteroatoms. The molecule has 0 unspecified atom stereocenters. The summed E-state index contributed by atoms with van der Waals surface area (Å²) in [6.45, 7) is 5.79. The average molecular weight is 440 g/mol. The van der Waals surface area contributed by atoms with E-state index in [4.69, 9.17) is 9.98 Å². The number of amides is 1. The number of pyridine rings is 1. The number of hydrogen-bond acceptors (Lipinski definition) is 5. The highest BCUT2D eigenvalue weighted by molar-refractivity contribution is 5.85. The van der Waals surface area contributed by atoms with Gasteiger partial charge in [0.05, 0.1) is 18.6 Å². The molecule has 1 saturated heterocycles. The summed E-state index contributed by atoms with van der Waals surface area (Å²) in [7, 11) is 7.63. The van der Waals surface area contributed by atoms with Crippen molar-refractivity contribution in [2.45, 2.75) is 32.4 Å². The second kappa shape index (κ2) is 11.1. The SMILES string of the molecule is CCNC(=NCc1cc(N(C)C)nc2ccccc12)NC1CCN(CC(=O)N(C)C)CC1. The second-order valence-corrected chi connectivity index (χ2v) is 8.73. The number of benzene rings is 1. The van der Waals surface area contributed by atoms with Gasteiger partial charge in [0, 0.05) is 59.3 Å². The van der Waals surface area contributed by atoms with Crippen LogP contribution in [-0.2, 0) is 11.3 Å². The van der Waals surface area contributed by atoms with Crippen LogP contribution in [-0.4, -0.2) is 87.1 Å². The van der Waals surface area contributed by atoms with Gasteiger partial charge in [0.15, 0.2) is 5.96 Å². The topological polar surface area (TPSA) is 76.1 Å². The van der Waals surface area contributed by atoms with Gasteiger partial charge in [-0.1, -0.05) is 18.2 Å². The van der Waals surface area contributed by atoms with E-state index in [1.54, 1.807) is 4.90 Å². The molecule has 1 aliphatic rings. The summed E-state index contributed by atoms with van der Waals surface area (Å²) >= 11 is 0. The van der Waals surface area contributed by atoms with E-state index in [1.165, 1.54) is 0 Å². The van der Waals surface area contributed by atoms with Crippen molar-refractivity contribution in [3.8, 4) is 0 Å². The van der Waals surface area contributed by atoms with Gasteiger partial charge in [0.2, 0.25) is 5.91 Å². The fourth-order valence-corrected chi connectivity index (χ4v) is 3.84. The Morgan fingerprint density at radius 3 is 2.56 bits per heavy atom. The Bertz CT molecular complexity index is 933. The molecule has 0 saturated carbocycles. The number of aliphatic imine (C=N–C) groups is 1. The normalized spacial score (nSPS) is 15.6. The average Bonchev–Trinajstić information content (AvgIpc) is 2.78. The van der Waals surface area contributed by atoms with E-state index < -0.39 is 0 Å². The summed E-state index contributed by atoms with van der Waals surface area (Å²) in [6.07, 6.45) is 1.99. The first kappa shape index (κ1) is 23.8. The van der Waals surface area contributed by atoms with Crippen molar-refractivity contribution in [1.82, 2.24) is 25.4 Å². The molecule has 0 atom stereocenters. The Balaban J connectivity index is 1.67. The van der Waals surface area contributed by atoms with Crippen LogP contribution in [0.25, 0.3) is 10.9 Å². The fraction of sp³-hybridized carbons (Fsp3) is 0.542. The summed E-state index contributed by atoms with van der Waals surface area (Å²) in [5, 5.41) is 8.12. The highest BCUT2D eigenvalue weighted by Gasteiger charge is 2.22. The van der Waals surface area contributed by atoms with Crippen molar-refractivity contribution in [3.63, 3.8) is 0 Å². The molecular formula is C24H37N7O. The molecule has 2 heterocycles. The molecule has 1 aromatic carbocycles. The maximum absolute atomic E-state index is 12.0. The lowest BCUT2D eigenvalue weighted by Gasteiger charge is -2.33. The Morgan fingerprint density at radius 1 is 1.19 bits per heavy atom. The predicted octanol–water partition coefficient (Wildman–Crippen LogP) is 1.91. The zero-order chi connectivity index (χ0) is 23.1. The van der Waals surface area contributed by atoms with Crippen molar-refractivity contribution >= 4 is 28.6 Å². The number of para-hydroxylation sites is 1. The van der Waals surface area contributed by atoms with Crippen molar-refractivity contribution in [2.75, 3.05) is 59.3 Å². The van der Waals surface area contributed by atoms with Gasteiger partial charge in [-0.25, -0.2) is 9.98 Å². The number of aromatic nitrogens is 1. The minimum Gasteiger partial charge on any atom is -0.363 e. The molecule has 1 aromatic heterocycles. The third-order valence-corrected chi connectivity index (χ3v) is 5.78. The molecule has 0 spiro atoms. The number of anilines is 1. The molecule has 0 radical (unpaired) electrons. The molecule has 1 fully saturated rings. The predicted molar refractivity (Wildman–Crippen MR) is 132 cm³/mol. The third kappa shape index (κ3) is 6.32. The molecule has 2 aromatic rings. The summed E-state index contributed by atoms with van der Waals surface area (Å²) < 4.78 is 0. The number of hydrogen-bond donors (Lipinski definition) is 2. The number of nitrogens with zero attached hydrogens (tertiary/aromatic N) is 5. The molecule has 0 aliphatic carbocycles. The fourth-order valence-electron chi connectivity index (χ4n) is 3.84. The molecule has 1 aliphatic heterocycles. The smallest absolute Gasteiger partial charge is 0.236 e. The molecule has 32 heavy (non-hydrogen) atoms. The largest absolute Gasteiger partial charge is 0.363 e. The van der Waals surface area contributed by atoms with E-state index in [-0.39, 0.29) is 5.91 Å². The first-order valence-electron chi connectivity index (χ1n) is 11.4. The van der Waals surface area contributed by atoms with Crippen LogP contribution in [0.3, 0.4) is 0 Å². The van der Waals surface area contributed by atoms with E-state index in [0.29, 0.717) is 19.1 Å². The number of likely N-dealkylation sites (N-methyl/N-ethyl adjacent to an activating group) is 1. The van der Waals surface area contributed by atoms with E-state index in [9.17, 15) is 4.79 Å². The van der Waals surface area contributed by atoms with Crippen LogP contribution in [0.15, 0.2) is 35.3 Å². The maximum Gasteiger partial charge on any atom is 0.236 e. The Labute approximate surface area is 191 Å². The number of nitrogens with one attached hydrogen (secondary N) is 2. The lowest BCUT2D eigenvalue weighted by molar-refractivity contribution is -0.130. The number of fused-ring (bicyclic) bond motifs is 1. The van der Waals surface area contributed by atoms with Crippen molar-refractivity contribution < 1.29 is 4.79 Å². The van der Waals surface area contributed by atoms with Crippen molar-refractivity contribution in [1.29, 1.82) is 0 Å². The molecule has 1 amide bonds. The highest BCUT2D eigenvalue weighted by atomic mass is 16.2. The quantitative estimate of drug-likeness (QED) is 0.507. The van der Waals surface area contributed by atoms with Gasteiger partial charge in [-0.05, 0) is 37.5 Å². The highest BCUT2D eigenvalue weighted by Crippen LogP contribution is 2.22. The van der Waals surface area contributed by atoms with Gasteiger partial charge in [-0.3, -0.25) is 9.69 Å².